The maximum absolute atomic E-state index is 12.3. The predicted octanol–water partition coefficient (Wildman–Crippen LogP) is 4.03. The fourth-order valence-corrected chi connectivity index (χ4v) is 3.93. The normalized spacial score (nSPS) is 13.2. The van der Waals surface area contributed by atoms with Gasteiger partial charge in [0, 0.05) is 33.7 Å². The van der Waals surface area contributed by atoms with Gasteiger partial charge in [-0.1, -0.05) is 11.6 Å². The summed E-state index contributed by atoms with van der Waals surface area (Å²) in [5, 5.41) is 0.572. The van der Waals surface area contributed by atoms with Gasteiger partial charge in [-0.15, -0.1) is 11.8 Å². The van der Waals surface area contributed by atoms with E-state index in [0.29, 0.717) is 34.4 Å². The van der Waals surface area contributed by atoms with Crippen LogP contribution in [0.15, 0.2) is 53.1 Å². The van der Waals surface area contributed by atoms with Crippen molar-refractivity contribution in [2.75, 3.05) is 26.1 Å². The van der Waals surface area contributed by atoms with Gasteiger partial charge < -0.3 is 19.9 Å². The van der Waals surface area contributed by atoms with Gasteiger partial charge in [-0.25, -0.2) is 4.79 Å². The lowest BCUT2D eigenvalue weighted by Crippen LogP contribution is -2.16. The van der Waals surface area contributed by atoms with Crippen LogP contribution >= 0.6 is 23.4 Å². The second kappa shape index (κ2) is 10.4. The van der Waals surface area contributed by atoms with E-state index in [0.717, 1.165) is 29.1 Å². The molecule has 2 aromatic rings. The van der Waals surface area contributed by atoms with E-state index in [1.165, 1.54) is 24.9 Å². The Bertz CT molecular complexity index is 959. The van der Waals surface area contributed by atoms with Crippen molar-refractivity contribution in [3.8, 4) is 11.5 Å². The van der Waals surface area contributed by atoms with Crippen LogP contribution in [0.4, 0.5) is 0 Å². The monoisotopic (exact) mass is 447 g/mol. The van der Waals surface area contributed by atoms with E-state index in [-0.39, 0.29) is 12.4 Å². The molecule has 0 amide bonds. The Balaban J connectivity index is 1.69. The molecule has 0 unspecified atom stereocenters. The Kier molecular flexibility index (Phi) is 7.65. The molecule has 0 bridgehead atoms. The zero-order valence-corrected chi connectivity index (χ0v) is 18.1. The number of hydrogen-bond donors (Lipinski definition) is 1. The molecule has 158 valence electrons. The number of ether oxygens (including phenoxy) is 3. The van der Waals surface area contributed by atoms with E-state index < -0.39 is 5.97 Å². The summed E-state index contributed by atoms with van der Waals surface area (Å²) in [7, 11) is 1.32. The first-order chi connectivity index (χ1) is 14.5. The van der Waals surface area contributed by atoms with E-state index in [4.69, 9.17) is 26.8 Å². The lowest BCUT2D eigenvalue weighted by molar-refractivity contribution is -0.142. The van der Waals surface area contributed by atoms with Crippen LogP contribution in [0.5, 0.6) is 11.5 Å². The van der Waals surface area contributed by atoms with Crippen LogP contribution in [0.3, 0.4) is 0 Å². The summed E-state index contributed by atoms with van der Waals surface area (Å²) >= 11 is 7.33. The lowest BCUT2D eigenvalue weighted by atomic mass is 10.1. The summed E-state index contributed by atoms with van der Waals surface area (Å²) in [5.74, 6) is 1.17. The molecule has 0 atom stereocenters. The molecule has 1 aliphatic rings. The fourth-order valence-electron chi connectivity index (χ4n) is 2.92. The van der Waals surface area contributed by atoms with Crippen LogP contribution < -0.4 is 15.2 Å². The molecule has 0 spiro atoms. The predicted molar refractivity (Wildman–Crippen MR) is 117 cm³/mol. The van der Waals surface area contributed by atoms with Crippen LogP contribution in [0.2, 0.25) is 5.02 Å². The summed E-state index contributed by atoms with van der Waals surface area (Å²) < 4.78 is 16.1. The number of ketones is 1. The zero-order chi connectivity index (χ0) is 21.5. The number of carbonyl (C=O) groups is 2. The molecule has 2 N–H and O–H groups in total. The summed E-state index contributed by atoms with van der Waals surface area (Å²) in [6.45, 7) is 0.458. The maximum Gasteiger partial charge on any atom is 0.343 e. The van der Waals surface area contributed by atoms with Crippen molar-refractivity contribution in [2.45, 2.75) is 17.7 Å². The molecule has 0 saturated heterocycles. The number of esters is 1. The number of carbonyl (C=O) groups excluding carboxylic acids is 2. The molecule has 6 nitrogen and oxygen atoms in total. The van der Waals surface area contributed by atoms with Gasteiger partial charge in [0.1, 0.15) is 11.5 Å². The highest BCUT2D eigenvalue weighted by Crippen LogP contribution is 2.41. The average molecular weight is 448 g/mol. The number of methoxy groups -OCH3 is 1. The van der Waals surface area contributed by atoms with E-state index in [1.807, 2.05) is 12.1 Å². The Hall–Kier alpha value is -2.64. The highest BCUT2D eigenvalue weighted by atomic mass is 35.5. The van der Waals surface area contributed by atoms with Crippen molar-refractivity contribution in [1.82, 2.24) is 0 Å². The molecule has 0 saturated carbocycles. The topological polar surface area (TPSA) is 87.9 Å². The Morgan fingerprint density at radius 2 is 2.00 bits per heavy atom. The molecule has 1 heterocycles. The number of rotatable bonds is 8. The standard InChI is InChI=1S/C22H22ClNO5S/c1-27-21(26)12-29-19-8-9-20(22-17(19)3-2-10-28-22)30-13-16(24)11-18(25)14-4-6-15(23)7-5-14/h4-9,11H,2-3,10,12-13,24H2,1H3. The molecule has 2 aromatic carbocycles. The number of fused-ring (bicyclic) bond motifs is 1. The maximum atomic E-state index is 12.3. The minimum absolute atomic E-state index is 0.155. The first-order valence-electron chi connectivity index (χ1n) is 9.35. The van der Waals surface area contributed by atoms with E-state index in [9.17, 15) is 9.59 Å². The van der Waals surface area contributed by atoms with Crippen LogP contribution in [-0.2, 0) is 16.0 Å². The third kappa shape index (κ3) is 5.70. The summed E-state index contributed by atoms with van der Waals surface area (Å²) in [6.07, 6.45) is 3.09. The number of thioether (sulfide) groups is 1. The number of halogens is 1. The van der Waals surface area contributed by atoms with Gasteiger partial charge in [-0.2, -0.15) is 0 Å². The Labute approximate surface area is 184 Å². The number of benzene rings is 2. The first-order valence-corrected chi connectivity index (χ1v) is 10.7. The zero-order valence-electron chi connectivity index (χ0n) is 16.5. The molecular weight excluding hydrogens is 426 g/mol. The number of nitrogens with two attached hydrogens (primary N) is 1. The van der Waals surface area contributed by atoms with Crippen molar-refractivity contribution in [3.63, 3.8) is 0 Å². The minimum atomic E-state index is -0.442. The first kappa shape index (κ1) is 22.1. The van der Waals surface area contributed by atoms with Gasteiger partial charge in [-0.3, -0.25) is 4.79 Å². The highest BCUT2D eigenvalue weighted by Gasteiger charge is 2.20. The van der Waals surface area contributed by atoms with Crippen LogP contribution in [0, 0.1) is 0 Å². The molecule has 1 aliphatic heterocycles. The number of hydrogen-bond acceptors (Lipinski definition) is 7. The van der Waals surface area contributed by atoms with Crippen molar-refractivity contribution in [1.29, 1.82) is 0 Å². The van der Waals surface area contributed by atoms with Gasteiger partial charge in [0.25, 0.3) is 0 Å². The molecule has 8 heteroatoms. The van der Waals surface area contributed by atoms with Crippen LogP contribution in [0.1, 0.15) is 22.3 Å². The average Bonchev–Trinajstić information content (AvgIpc) is 2.76. The molecule has 30 heavy (non-hydrogen) atoms. The van der Waals surface area contributed by atoms with Gasteiger partial charge in [-0.05, 0) is 49.2 Å². The van der Waals surface area contributed by atoms with Gasteiger partial charge in [0.2, 0.25) is 0 Å². The second-order valence-electron chi connectivity index (χ2n) is 6.57. The summed E-state index contributed by atoms with van der Waals surface area (Å²) in [6, 6.07) is 10.4. The van der Waals surface area contributed by atoms with Gasteiger partial charge in [0.05, 0.1) is 18.6 Å². The lowest BCUT2D eigenvalue weighted by Gasteiger charge is -2.22. The van der Waals surface area contributed by atoms with Crippen molar-refractivity contribution >= 4 is 35.1 Å². The smallest absolute Gasteiger partial charge is 0.343 e. The SMILES string of the molecule is COC(=O)COc1ccc(SCC(N)=CC(=O)c2ccc(Cl)cc2)c2c1CCCO2. The third-order valence-electron chi connectivity index (χ3n) is 4.41. The second-order valence-corrected chi connectivity index (χ2v) is 8.02. The molecule has 0 radical (unpaired) electrons. The quantitative estimate of drug-likeness (QED) is 0.283. The highest BCUT2D eigenvalue weighted by molar-refractivity contribution is 7.99. The van der Waals surface area contributed by atoms with Gasteiger partial charge >= 0.3 is 5.97 Å². The van der Waals surface area contributed by atoms with Crippen molar-refractivity contribution in [2.24, 2.45) is 5.73 Å². The van der Waals surface area contributed by atoms with E-state index >= 15 is 0 Å². The van der Waals surface area contributed by atoms with Crippen LogP contribution in [-0.4, -0.2) is 37.8 Å². The third-order valence-corrected chi connectivity index (χ3v) is 5.77. The Morgan fingerprint density at radius 1 is 1.23 bits per heavy atom. The Morgan fingerprint density at radius 3 is 2.73 bits per heavy atom. The fraction of sp³-hybridized carbons (Fsp3) is 0.273. The number of allylic oxidation sites excluding steroid dienone is 1. The molecular formula is C22H22ClNO5S. The minimum Gasteiger partial charge on any atom is -0.492 e. The summed E-state index contributed by atoms with van der Waals surface area (Å²) in [4.78, 5) is 24.6. The molecule has 0 fully saturated rings. The molecule has 0 aliphatic carbocycles. The molecule has 3 rings (SSSR count). The van der Waals surface area contributed by atoms with E-state index in [2.05, 4.69) is 4.74 Å². The molecule has 0 aromatic heterocycles. The van der Waals surface area contributed by atoms with Crippen molar-refractivity contribution in [3.05, 3.63) is 64.3 Å². The summed E-state index contributed by atoms with van der Waals surface area (Å²) in [5.41, 5.74) is 7.98. The van der Waals surface area contributed by atoms with Crippen molar-refractivity contribution < 1.29 is 23.8 Å². The largest absolute Gasteiger partial charge is 0.492 e. The van der Waals surface area contributed by atoms with E-state index in [1.54, 1.807) is 24.3 Å². The van der Waals surface area contributed by atoms with Gasteiger partial charge in [0.15, 0.2) is 12.4 Å². The van der Waals surface area contributed by atoms with Crippen LogP contribution in [0.25, 0.3) is 0 Å².